The van der Waals surface area contributed by atoms with Gasteiger partial charge in [0.1, 0.15) is 0 Å². The van der Waals surface area contributed by atoms with Crippen LogP contribution >= 0.6 is 11.8 Å². The van der Waals surface area contributed by atoms with Crippen molar-refractivity contribution in [3.8, 4) is 11.5 Å². The SMILES string of the molecule is COc1ccc(C(=O)OCC(=O)Nc2ccccc2SC)cc1OC. The monoisotopic (exact) mass is 361 g/mol. The first-order valence-electron chi connectivity index (χ1n) is 7.41. The third kappa shape index (κ3) is 4.90. The predicted octanol–water partition coefficient (Wildman–Crippen LogP) is 3.22. The molecule has 0 spiro atoms. The standard InChI is InChI=1S/C18H19NO5S/c1-22-14-9-8-12(10-15(14)23-2)18(21)24-11-17(20)19-13-6-4-5-7-16(13)25-3/h4-10H,11H2,1-3H3,(H,19,20). The summed E-state index contributed by atoms with van der Waals surface area (Å²) in [6, 6.07) is 12.1. The number of esters is 1. The van der Waals surface area contributed by atoms with E-state index in [0.717, 1.165) is 4.90 Å². The average molecular weight is 361 g/mol. The minimum Gasteiger partial charge on any atom is -0.493 e. The van der Waals surface area contributed by atoms with Crippen molar-refractivity contribution >= 4 is 29.3 Å². The summed E-state index contributed by atoms with van der Waals surface area (Å²) in [4.78, 5) is 25.0. The fourth-order valence-electron chi connectivity index (χ4n) is 2.11. The molecule has 0 atom stereocenters. The molecule has 0 aromatic heterocycles. The van der Waals surface area contributed by atoms with Crippen LogP contribution < -0.4 is 14.8 Å². The van der Waals surface area contributed by atoms with Gasteiger partial charge < -0.3 is 19.5 Å². The second kappa shape index (κ2) is 8.98. The molecule has 2 aromatic rings. The maximum atomic E-state index is 12.1. The van der Waals surface area contributed by atoms with E-state index in [4.69, 9.17) is 14.2 Å². The highest BCUT2D eigenvalue weighted by Crippen LogP contribution is 2.28. The summed E-state index contributed by atoms with van der Waals surface area (Å²) in [5.74, 6) is -0.106. The molecular weight excluding hydrogens is 342 g/mol. The molecule has 0 heterocycles. The van der Waals surface area contributed by atoms with E-state index in [-0.39, 0.29) is 12.2 Å². The van der Waals surface area contributed by atoms with Gasteiger partial charge in [0, 0.05) is 4.90 Å². The molecule has 0 aliphatic carbocycles. The summed E-state index contributed by atoms with van der Waals surface area (Å²) < 4.78 is 15.3. The lowest BCUT2D eigenvalue weighted by Crippen LogP contribution is -2.21. The van der Waals surface area contributed by atoms with Crippen molar-refractivity contribution < 1.29 is 23.8 Å². The molecule has 0 bridgehead atoms. The van der Waals surface area contributed by atoms with Gasteiger partial charge in [0.25, 0.3) is 5.91 Å². The molecule has 1 amide bonds. The number of hydrogen-bond acceptors (Lipinski definition) is 6. The number of amides is 1. The topological polar surface area (TPSA) is 73.9 Å². The van der Waals surface area contributed by atoms with Crippen molar-refractivity contribution in [1.82, 2.24) is 0 Å². The van der Waals surface area contributed by atoms with Crippen LogP contribution in [0.15, 0.2) is 47.4 Å². The summed E-state index contributed by atoms with van der Waals surface area (Å²) in [7, 11) is 2.98. The number of anilines is 1. The molecule has 6 nitrogen and oxygen atoms in total. The maximum absolute atomic E-state index is 12.1. The average Bonchev–Trinajstić information content (AvgIpc) is 2.65. The highest BCUT2D eigenvalue weighted by Gasteiger charge is 2.14. The third-order valence-electron chi connectivity index (χ3n) is 3.33. The Morgan fingerprint density at radius 1 is 1.04 bits per heavy atom. The van der Waals surface area contributed by atoms with E-state index < -0.39 is 11.9 Å². The zero-order valence-electron chi connectivity index (χ0n) is 14.2. The Bertz CT molecular complexity index is 763. The predicted molar refractivity (Wildman–Crippen MR) is 96.7 cm³/mol. The lowest BCUT2D eigenvalue weighted by atomic mass is 10.2. The minimum absolute atomic E-state index is 0.273. The van der Waals surface area contributed by atoms with Gasteiger partial charge in [-0.05, 0) is 36.6 Å². The first kappa shape index (κ1) is 18.7. The second-order valence-corrected chi connectivity index (χ2v) is 5.74. The van der Waals surface area contributed by atoms with Gasteiger partial charge in [-0.15, -0.1) is 11.8 Å². The Morgan fingerprint density at radius 3 is 2.44 bits per heavy atom. The molecule has 132 valence electrons. The van der Waals surface area contributed by atoms with Crippen molar-refractivity contribution in [3.05, 3.63) is 48.0 Å². The van der Waals surface area contributed by atoms with E-state index >= 15 is 0 Å². The zero-order chi connectivity index (χ0) is 18.2. The molecule has 0 aliphatic rings. The molecule has 0 unspecified atom stereocenters. The Morgan fingerprint density at radius 2 is 1.76 bits per heavy atom. The van der Waals surface area contributed by atoms with Gasteiger partial charge in [-0.2, -0.15) is 0 Å². The highest BCUT2D eigenvalue weighted by atomic mass is 32.2. The number of carbonyl (C=O) groups excluding carboxylic acids is 2. The van der Waals surface area contributed by atoms with Crippen molar-refractivity contribution in [2.75, 3.05) is 32.4 Å². The largest absolute Gasteiger partial charge is 0.493 e. The summed E-state index contributed by atoms with van der Waals surface area (Å²) in [5.41, 5.74) is 0.956. The summed E-state index contributed by atoms with van der Waals surface area (Å²) in [5, 5.41) is 2.73. The smallest absolute Gasteiger partial charge is 0.338 e. The number of para-hydroxylation sites is 1. The fraction of sp³-hybridized carbons (Fsp3) is 0.222. The number of benzene rings is 2. The number of carbonyl (C=O) groups is 2. The van der Waals surface area contributed by atoms with Crippen LogP contribution in [0.25, 0.3) is 0 Å². The molecule has 0 saturated carbocycles. The second-order valence-electron chi connectivity index (χ2n) is 4.89. The Kier molecular flexibility index (Phi) is 6.71. The van der Waals surface area contributed by atoms with E-state index in [2.05, 4.69) is 5.32 Å². The minimum atomic E-state index is -0.616. The molecular formula is C18H19NO5S. The lowest BCUT2D eigenvalue weighted by molar-refractivity contribution is -0.119. The summed E-state index contributed by atoms with van der Waals surface area (Å²) in [6.07, 6.45) is 1.92. The number of hydrogen-bond donors (Lipinski definition) is 1. The van der Waals surface area contributed by atoms with Crippen LogP contribution in [-0.2, 0) is 9.53 Å². The zero-order valence-corrected chi connectivity index (χ0v) is 15.0. The van der Waals surface area contributed by atoms with E-state index in [1.165, 1.54) is 32.0 Å². The Balaban J connectivity index is 1.96. The van der Waals surface area contributed by atoms with E-state index in [1.807, 2.05) is 24.5 Å². The van der Waals surface area contributed by atoms with Gasteiger partial charge in [0.15, 0.2) is 18.1 Å². The molecule has 25 heavy (non-hydrogen) atoms. The summed E-state index contributed by atoms with van der Waals surface area (Å²) >= 11 is 1.52. The van der Waals surface area contributed by atoms with Crippen molar-refractivity contribution in [1.29, 1.82) is 0 Å². The Labute approximate surface area is 150 Å². The van der Waals surface area contributed by atoms with Gasteiger partial charge in [-0.25, -0.2) is 4.79 Å². The van der Waals surface area contributed by atoms with Crippen LogP contribution in [0, 0.1) is 0 Å². The number of methoxy groups -OCH3 is 2. The van der Waals surface area contributed by atoms with Crippen LogP contribution in [0.4, 0.5) is 5.69 Å². The van der Waals surface area contributed by atoms with Crippen molar-refractivity contribution in [2.24, 2.45) is 0 Å². The van der Waals surface area contributed by atoms with Crippen molar-refractivity contribution in [2.45, 2.75) is 4.90 Å². The van der Waals surface area contributed by atoms with Crippen LogP contribution in [-0.4, -0.2) is 39.0 Å². The maximum Gasteiger partial charge on any atom is 0.338 e. The first-order chi connectivity index (χ1) is 12.1. The molecule has 0 aliphatic heterocycles. The molecule has 0 radical (unpaired) electrons. The fourth-order valence-corrected chi connectivity index (χ4v) is 2.67. The van der Waals surface area contributed by atoms with Crippen LogP contribution in [0.1, 0.15) is 10.4 Å². The molecule has 0 saturated heterocycles. The molecule has 1 N–H and O–H groups in total. The van der Waals surface area contributed by atoms with Gasteiger partial charge in [0.2, 0.25) is 0 Å². The van der Waals surface area contributed by atoms with Gasteiger partial charge in [-0.3, -0.25) is 4.79 Å². The lowest BCUT2D eigenvalue weighted by Gasteiger charge is -2.11. The van der Waals surface area contributed by atoms with E-state index in [1.54, 1.807) is 18.2 Å². The number of nitrogens with one attached hydrogen (secondary N) is 1. The summed E-state index contributed by atoms with van der Waals surface area (Å²) in [6.45, 7) is -0.379. The molecule has 0 fully saturated rings. The van der Waals surface area contributed by atoms with Crippen LogP contribution in [0.3, 0.4) is 0 Å². The number of ether oxygens (including phenoxy) is 3. The third-order valence-corrected chi connectivity index (χ3v) is 4.13. The van der Waals surface area contributed by atoms with Gasteiger partial charge in [-0.1, -0.05) is 12.1 Å². The molecule has 2 rings (SSSR count). The van der Waals surface area contributed by atoms with E-state index in [9.17, 15) is 9.59 Å². The van der Waals surface area contributed by atoms with Crippen LogP contribution in [0.5, 0.6) is 11.5 Å². The normalized spacial score (nSPS) is 10.0. The Hall–Kier alpha value is -2.67. The number of thioether (sulfide) groups is 1. The van der Waals surface area contributed by atoms with E-state index in [0.29, 0.717) is 17.2 Å². The first-order valence-corrected chi connectivity index (χ1v) is 8.63. The molecule has 7 heteroatoms. The van der Waals surface area contributed by atoms with Gasteiger partial charge in [0.05, 0.1) is 25.5 Å². The highest BCUT2D eigenvalue weighted by molar-refractivity contribution is 7.98. The van der Waals surface area contributed by atoms with Gasteiger partial charge >= 0.3 is 5.97 Å². The number of rotatable bonds is 7. The van der Waals surface area contributed by atoms with Crippen molar-refractivity contribution in [3.63, 3.8) is 0 Å². The van der Waals surface area contributed by atoms with Crippen LogP contribution in [0.2, 0.25) is 0 Å². The quantitative estimate of drug-likeness (QED) is 0.603. The molecule has 2 aromatic carbocycles.